The molecule has 0 spiro atoms. The summed E-state index contributed by atoms with van der Waals surface area (Å²) in [5.41, 5.74) is 1.61. The molecule has 1 nitrogen and oxygen atoms in total. The van der Waals surface area contributed by atoms with Crippen LogP contribution >= 0.6 is 11.3 Å². The molecule has 1 heterocycles. The van der Waals surface area contributed by atoms with Gasteiger partial charge in [0.25, 0.3) is 0 Å². The highest BCUT2D eigenvalue weighted by Crippen LogP contribution is 2.29. The Morgan fingerprint density at radius 1 is 1.05 bits per heavy atom. The van der Waals surface area contributed by atoms with Crippen molar-refractivity contribution >= 4 is 11.3 Å². The smallest absolute Gasteiger partial charge is 0.0388 e. The van der Waals surface area contributed by atoms with Crippen molar-refractivity contribution in [2.45, 2.75) is 51.6 Å². The minimum Gasteiger partial charge on any atom is -0.307 e. The van der Waals surface area contributed by atoms with Crippen molar-refractivity contribution in [1.29, 1.82) is 0 Å². The predicted molar refractivity (Wildman–Crippen MR) is 89.4 cm³/mol. The molecule has 0 amide bonds. The Labute approximate surface area is 127 Å². The first-order valence-electron chi connectivity index (χ1n) is 7.34. The normalized spacial score (nSPS) is 15.0. The summed E-state index contributed by atoms with van der Waals surface area (Å²) in [6.45, 7) is 9.19. The highest BCUT2D eigenvalue weighted by atomic mass is 32.1. The first-order chi connectivity index (χ1) is 9.49. The van der Waals surface area contributed by atoms with E-state index >= 15 is 0 Å². The van der Waals surface area contributed by atoms with Crippen LogP contribution in [0.1, 0.15) is 50.6 Å². The summed E-state index contributed by atoms with van der Waals surface area (Å²) >= 11 is 1.82. The lowest BCUT2D eigenvalue weighted by atomic mass is 9.79. The quantitative estimate of drug-likeness (QED) is 0.774. The van der Waals surface area contributed by atoms with E-state index < -0.39 is 0 Å². The summed E-state index contributed by atoms with van der Waals surface area (Å²) in [5, 5.41) is 5.86. The molecule has 2 aromatic rings. The standard InChI is InChI=1S/C18H25NS/c1-14(19-15(2)17-11-8-12-20-17)13-18(3,4)16-9-6-5-7-10-16/h5-12,14-15,19H,13H2,1-4H3/t14?,15-/m1/s1. The average molecular weight is 287 g/mol. The van der Waals surface area contributed by atoms with Gasteiger partial charge in [-0.1, -0.05) is 50.2 Å². The summed E-state index contributed by atoms with van der Waals surface area (Å²) < 4.78 is 0. The minimum absolute atomic E-state index is 0.197. The number of rotatable bonds is 6. The van der Waals surface area contributed by atoms with E-state index in [1.165, 1.54) is 10.4 Å². The fraction of sp³-hybridized carbons (Fsp3) is 0.444. The summed E-state index contributed by atoms with van der Waals surface area (Å²) in [6, 6.07) is 16.0. The molecule has 2 atom stereocenters. The molecule has 0 saturated heterocycles. The Balaban J connectivity index is 1.95. The molecule has 20 heavy (non-hydrogen) atoms. The predicted octanol–water partition coefficient (Wildman–Crippen LogP) is 5.16. The van der Waals surface area contributed by atoms with Crippen LogP contribution in [0.25, 0.3) is 0 Å². The number of thiophene rings is 1. The Hall–Kier alpha value is -1.12. The van der Waals surface area contributed by atoms with Gasteiger partial charge in [0.15, 0.2) is 0 Å². The second kappa shape index (κ2) is 6.55. The molecule has 0 saturated carbocycles. The van der Waals surface area contributed by atoms with E-state index in [1.54, 1.807) is 0 Å². The number of benzene rings is 1. The molecule has 1 aromatic heterocycles. The van der Waals surface area contributed by atoms with E-state index in [-0.39, 0.29) is 5.41 Å². The molecule has 1 N–H and O–H groups in total. The van der Waals surface area contributed by atoms with Gasteiger partial charge in [0, 0.05) is 17.0 Å². The second-order valence-electron chi connectivity index (χ2n) is 6.26. The second-order valence-corrected chi connectivity index (χ2v) is 7.24. The van der Waals surface area contributed by atoms with Crippen LogP contribution in [0.5, 0.6) is 0 Å². The van der Waals surface area contributed by atoms with Gasteiger partial charge in [-0.05, 0) is 42.7 Å². The first kappa shape index (κ1) is 15.3. The lowest BCUT2D eigenvalue weighted by molar-refractivity contribution is 0.367. The van der Waals surface area contributed by atoms with Crippen LogP contribution in [0, 0.1) is 0 Å². The van der Waals surface area contributed by atoms with Crippen molar-refractivity contribution in [3.05, 3.63) is 58.3 Å². The maximum atomic E-state index is 3.72. The zero-order valence-electron chi connectivity index (χ0n) is 12.9. The monoisotopic (exact) mass is 287 g/mol. The van der Waals surface area contributed by atoms with Crippen LogP contribution in [0.4, 0.5) is 0 Å². The van der Waals surface area contributed by atoms with Crippen LogP contribution in [0.3, 0.4) is 0 Å². The molecule has 0 radical (unpaired) electrons. The topological polar surface area (TPSA) is 12.0 Å². The van der Waals surface area contributed by atoms with E-state index in [1.807, 2.05) is 11.3 Å². The van der Waals surface area contributed by atoms with Gasteiger partial charge in [0.2, 0.25) is 0 Å². The van der Waals surface area contributed by atoms with Crippen molar-refractivity contribution in [2.75, 3.05) is 0 Å². The lowest BCUT2D eigenvalue weighted by Crippen LogP contribution is -2.34. The SMILES string of the molecule is CC(CC(C)(C)c1ccccc1)N[C@H](C)c1cccs1. The fourth-order valence-corrected chi connectivity index (χ4v) is 3.62. The van der Waals surface area contributed by atoms with E-state index in [9.17, 15) is 0 Å². The Bertz CT molecular complexity index is 501. The third-order valence-electron chi connectivity index (χ3n) is 3.88. The van der Waals surface area contributed by atoms with Gasteiger partial charge in [-0.2, -0.15) is 0 Å². The molecule has 0 aliphatic heterocycles. The van der Waals surface area contributed by atoms with Crippen molar-refractivity contribution in [2.24, 2.45) is 0 Å². The van der Waals surface area contributed by atoms with E-state index in [0.717, 1.165) is 6.42 Å². The summed E-state index contributed by atoms with van der Waals surface area (Å²) in [4.78, 5) is 1.41. The van der Waals surface area contributed by atoms with E-state index in [4.69, 9.17) is 0 Å². The molecule has 0 bridgehead atoms. The summed E-state index contributed by atoms with van der Waals surface area (Å²) in [6.07, 6.45) is 1.13. The minimum atomic E-state index is 0.197. The largest absolute Gasteiger partial charge is 0.307 e. The van der Waals surface area contributed by atoms with Crippen LogP contribution in [0.2, 0.25) is 0 Å². The van der Waals surface area contributed by atoms with Crippen LogP contribution in [0.15, 0.2) is 47.8 Å². The summed E-state index contributed by atoms with van der Waals surface area (Å²) in [5.74, 6) is 0. The highest BCUT2D eigenvalue weighted by molar-refractivity contribution is 7.10. The van der Waals surface area contributed by atoms with Crippen molar-refractivity contribution in [1.82, 2.24) is 5.32 Å². The first-order valence-corrected chi connectivity index (χ1v) is 8.22. The van der Waals surface area contributed by atoms with E-state index in [0.29, 0.717) is 12.1 Å². The third-order valence-corrected chi connectivity index (χ3v) is 4.93. The zero-order chi connectivity index (χ0) is 14.6. The van der Waals surface area contributed by atoms with Gasteiger partial charge in [-0.25, -0.2) is 0 Å². The third kappa shape index (κ3) is 3.94. The maximum absolute atomic E-state index is 3.72. The van der Waals surface area contributed by atoms with Gasteiger partial charge < -0.3 is 5.32 Å². The van der Waals surface area contributed by atoms with Crippen LogP contribution in [-0.4, -0.2) is 6.04 Å². The molecule has 0 aliphatic carbocycles. The summed E-state index contributed by atoms with van der Waals surface area (Å²) in [7, 11) is 0. The number of hydrogen-bond acceptors (Lipinski definition) is 2. The average Bonchev–Trinajstić information content (AvgIpc) is 2.93. The Morgan fingerprint density at radius 3 is 2.35 bits per heavy atom. The van der Waals surface area contributed by atoms with Gasteiger partial charge >= 0.3 is 0 Å². The lowest BCUT2D eigenvalue weighted by Gasteiger charge is -2.30. The molecular formula is C18H25NS. The Kier molecular flexibility index (Phi) is 5.00. The maximum Gasteiger partial charge on any atom is 0.0388 e. The van der Waals surface area contributed by atoms with Crippen molar-refractivity contribution in [3.8, 4) is 0 Å². The van der Waals surface area contributed by atoms with Crippen molar-refractivity contribution in [3.63, 3.8) is 0 Å². The van der Waals surface area contributed by atoms with Gasteiger partial charge in [0.05, 0.1) is 0 Å². The fourth-order valence-electron chi connectivity index (χ4n) is 2.88. The Morgan fingerprint density at radius 2 is 1.75 bits per heavy atom. The molecule has 1 unspecified atom stereocenters. The molecule has 2 heteroatoms. The van der Waals surface area contributed by atoms with Gasteiger partial charge in [-0.3, -0.25) is 0 Å². The highest BCUT2D eigenvalue weighted by Gasteiger charge is 2.24. The van der Waals surface area contributed by atoms with Gasteiger partial charge in [0.1, 0.15) is 0 Å². The van der Waals surface area contributed by atoms with Gasteiger partial charge in [-0.15, -0.1) is 11.3 Å². The molecule has 2 rings (SSSR count). The molecule has 0 fully saturated rings. The molecule has 1 aromatic carbocycles. The van der Waals surface area contributed by atoms with E-state index in [2.05, 4.69) is 80.9 Å². The van der Waals surface area contributed by atoms with Crippen LogP contribution < -0.4 is 5.32 Å². The van der Waals surface area contributed by atoms with Crippen LogP contribution in [-0.2, 0) is 5.41 Å². The number of nitrogens with one attached hydrogen (secondary N) is 1. The molecule has 108 valence electrons. The zero-order valence-corrected chi connectivity index (χ0v) is 13.7. The van der Waals surface area contributed by atoms with Crippen molar-refractivity contribution < 1.29 is 0 Å². The molecular weight excluding hydrogens is 262 g/mol. The number of hydrogen-bond donors (Lipinski definition) is 1. The molecule has 0 aliphatic rings.